The van der Waals surface area contributed by atoms with E-state index < -0.39 is 0 Å². The molecule has 2 radical (unpaired) electrons. The van der Waals surface area contributed by atoms with Gasteiger partial charge in [0.15, 0.2) is 0 Å². The molecule has 48 valence electrons. The molecule has 0 aliphatic carbocycles. The Balaban J connectivity index is 2.31. The molecule has 1 N–H and O–H groups in total. The van der Waals surface area contributed by atoms with Crippen molar-refractivity contribution in [1.29, 1.82) is 0 Å². The van der Waals surface area contributed by atoms with E-state index in [0.717, 1.165) is 6.29 Å². The molecular weight excluding hydrogens is 117 g/mol. The first kappa shape index (κ1) is 6.77. The van der Waals surface area contributed by atoms with Crippen molar-refractivity contribution in [2.75, 3.05) is 13.1 Å². The van der Waals surface area contributed by atoms with Crippen LogP contribution in [0.3, 0.4) is 0 Å². The molecule has 3 nitrogen and oxygen atoms in total. The molecule has 0 aromatic heterocycles. The molecule has 1 aliphatic heterocycles. The van der Waals surface area contributed by atoms with Crippen LogP contribution in [0, 0.1) is 0 Å². The average molecular weight is 125 g/mol. The summed E-state index contributed by atoms with van der Waals surface area (Å²) in [6.07, 6.45) is 0.403. The van der Waals surface area contributed by atoms with E-state index in [1.165, 1.54) is 0 Å². The van der Waals surface area contributed by atoms with E-state index in [-0.39, 0.29) is 12.1 Å². The summed E-state index contributed by atoms with van der Waals surface area (Å²) in [5.41, 5.74) is 0. The number of carbonyl (C=O) groups is 1. The van der Waals surface area contributed by atoms with Crippen LogP contribution in [0.5, 0.6) is 0 Å². The van der Waals surface area contributed by atoms with Crippen molar-refractivity contribution < 1.29 is 9.53 Å². The molecule has 2 unspecified atom stereocenters. The van der Waals surface area contributed by atoms with Crippen LogP contribution >= 0.6 is 0 Å². The van der Waals surface area contributed by atoms with E-state index in [1.807, 2.05) is 0 Å². The topological polar surface area (TPSA) is 38.3 Å². The summed E-state index contributed by atoms with van der Waals surface area (Å²) >= 11 is 0. The Kier molecular flexibility index (Phi) is 2.25. The van der Waals surface area contributed by atoms with Gasteiger partial charge in [0.05, 0.1) is 0 Å². The zero-order valence-electron chi connectivity index (χ0n) is 5.04. The van der Waals surface area contributed by atoms with Crippen molar-refractivity contribution in [3.05, 3.63) is 0 Å². The Bertz CT molecular complexity index is 109. The van der Waals surface area contributed by atoms with E-state index in [4.69, 9.17) is 12.6 Å². The summed E-state index contributed by atoms with van der Waals surface area (Å²) in [5, 5.41) is 2.95. The van der Waals surface area contributed by atoms with Crippen LogP contribution < -0.4 is 5.32 Å². The van der Waals surface area contributed by atoms with Crippen LogP contribution in [0.1, 0.15) is 0 Å². The second-order valence-electron chi connectivity index (χ2n) is 2.01. The molecule has 0 amide bonds. The van der Waals surface area contributed by atoms with E-state index in [1.54, 1.807) is 0 Å². The summed E-state index contributed by atoms with van der Waals surface area (Å²) in [6, 6.07) is -0.325. The Hall–Kier alpha value is -0.345. The Morgan fingerprint density at radius 1 is 1.67 bits per heavy atom. The third-order valence-corrected chi connectivity index (χ3v) is 1.19. The lowest BCUT2D eigenvalue weighted by molar-refractivity contribution is -0.120. The smallest absolute Gasteiger partial charge is 0.150 e. The lowest BCUT2D eigenvalue weighted by atomic mass is 9.99. The van der Waals surface area contributed by atoms with Gasteiger partial charge >= 0.3 is 0 Å². The molecule has 0 aromatic rings. The highest BCUT2D eigenvalue weighted by atomic mass is 16.5. The van der Waals surface area contributed by atoms with Gasteiger partial charge in [0.2, 0.25) is 0 Å². The Morgan fingerprint density at radius 3 is 2.89 bits per heavy atom. The molecular formula is C5H8BNO2. The van der Waals surface area contributed by atoms with Gasteiger partial charge in [-0.05, 0) is 0 Å². The lowest BCUT2D eigenvalue weighted by Crippen LogP contribution is -2.45. The van der Waals surface area contributed by atoms with E-state index in [0.29, 0.717) is 13.1 Å². The van der Waals surface area contributed by atoms with Crippen molar-refractivity contribution >= 4 is 14.1 Å². The number of carbonyl (C=O) groups excluding carboxylic acids is 1. The number of hydrogen-bond acceptors (Lipinski definition) is 3. The predicted molar refractivity (Wildman–Crippen MR) is 33.3 cm³/mol. The maximum atomic E-state index is 10.1. The Labute approximate surface area is 55.2 Å². The van der Waals surface area contributed by atoms with Gasteiger partial charge in [0.25, 0.3) is 0 Å². The monoisotopic (exact) mass is 125 g/mol. The first-order chi connectivity index (χ1) is 4.33. The van der Waals surface area contributed by atoms with Gasteiger partial charge in [-0.15, -0.1) is 0 Å². The number of rotatable bonds is 1. The molecule has 1 fully saturated rings. The quantitative estimate of drug-likeness (QED) is 0.348. The molecule has 4 heteroatoms. The van der Waals surface area contributed by atoms with Gasteiger partial charge in [-0.2, -0.15) is 0 Å². The van der Waals surface area contributed by atoms with Crippen LogP contribution in [-0.4, -0.2) is 39.3 Å². The molecule has 2 atom stereocenters. The number of hydrogen-bond donors (Lipinski definition) is 1. The van der Waals surface area contributed by atoms with Gasteiger partial charge in [-0.25, -0.2) is 0 Å². The fourth-order valence-corrected chi connectivity index (χ4v) is 0.769. The van der Waals surface area contributed by atoms with Gasteiger partial charge in [0, 0.05) is 19.1 Å². The molecule has 1 saturated heterocycles. The van der Waals surface area contributed by atoms with Crippen molar-refractivity contribution in [3.63, 3.8) is 0 Å². The summed E-state index contributed by atoms with van der Waals surface area (Å²) in [5.74, 6) is 0. The standard InChI is InChI=1S/C5H8BNO2/c6-5-2-7-1-4(3-8)9-5/h3-5,7H,1-2H2. The molecule has 9 heavy (non-hydrogen) atoms. The van der Waals surface area contributed by atoms with Crippen LogP contribution in [0.15, 0.2) is 0 Å². The fraction of sp³-hybridized carbons (Fsp3) is 0.800. The third kappa shape index (κ3) is 1.80. The molecule has 1 rings (SSSR count). The number of nitrogens with one attached hydrogen (secondary N) is 1. The second-order valence-corrected chi connectivity index (χ2v) is 2.01. The summed E-state index contributed by atoms with van der Waals surface area (Å²) in [7, 11) is 5.36. The normalized spacial score (nSPS) is 36.0. The minimum atomic E-state index is -0.353. The second kappa shape index (κ2) is 2.99. The first-order valence-corrected chi connectivity index (χ1v) is 2.90. The zero-order valence-corrected chi connectivity index (χ0v) is 5.04. The van der Waals surface area contributed by atoms with Crippen LogP contribution in [0.4, 0.5) is 0 Å². The SMILES string of the molecule is [B]C1CNCC(C=O)O1. The number of morpholine rings is 1. The highest BCUT2D eigenvalue weighted by molar-refractivity contribution is 6.11. The van der Waals surface area contributed by atoms with Crippen LogP contribution in [0.25, 0.3) is 0 Å². The molecule has 0 bridgehead atoms. The average Bonchev–Trinajstić information content (AvgIpc) is 1.88. The van der Waals surface area contributed by atoms with Gasteiger partial charge in [-0.3, -0.25) is 0 Å². The minimum absolute atomic E-state index is 0.325. The number of aldehydes is 1. The van der Waals surface area contributed by atoms with Crippen LogP contribution in [-0.2, 0) is 9.53 Å². The van der Waals surface area contributed by atoms with Crippen molar-refractivity contribution in [2.45, 2.75) is 12.1 Å². The highest BCUT2D eigenvalue weighted by Crippen LogP contribution is 1.96. The maximum absolute atomic E-state index is 10.1. The molecule has 0 spiro atoms. The largest absolute Gasteiger partial charge is 0.375 e. The van der Waals surface area contributed by atoms with Gasteiger partial charge in [-0.1, -0.05) is 0 Å². The van der Waals surface area contributed by atoms with E-state index in [2.05, 4.69) is 5.32 Å². The van der Waals surface area contributed by atoms with E-state index >= 15 is 0 Å². The van der Waals surface area contributed by atoms with Crippen molar-refractivity contribution in [1.82, 2.24) is 5.32 Å². The molecule has 1 heterocycles. The predicted octanol–water partition coefficient (Wildman–Crippen LogP) is -1.33. The first-order valence-electron chi connectivity index (χ1n) is 2.90. The minimum Gasteiger partial charge on any atom is -0.375 e. The Morgan fingerprint density at radius 2 is 2.44 bits per heavy atom. The summed E-state index contributed by atoms with van der Waals surface area (Å²) < 4.78 is 4.98. The van der Waals surface area contributed by atoms with Gasteiger partial charge in [0.1, 0.15) is 20.2 Å². The highest BCUT2D eigenvalue weighted by Gasteiger charge is 2.16. The van der Waals surface area contributed by atoms with Crippen molar-refractivity contribution in [2.24, 2.45) is 0 Å². The number of ether oxygens (including phenoxy) is 1. The van der Waals surface area contributed by atoms with Crippen LogP contribution in [0.2, 0.25) is 0 Å². The summed E-state index contributed by atoms with van der Waals surface area (Å²) in [6.45, 7) is 1.21. The zero-order chi connectivity index (χ0) is 6.69. The lowest BCUT2D eigenvalue weighted by Gasteiger charge is -2.25. The molecule has 1 aliphatic rings. The van der Waals surface area contributed by atoms with Crippen molar-refractivity contribution in [3.8, 4) is 0 Å². The molecule has 0 saturated carbocycles. The summed E-state index contributed by atoms with van der Waals surface area (Å²) in [4.78, 5) is 10.1. The third-order valence-electron chi connectivity index (χ3n) is 1.19. The van der Waals surface area contributed by atoms with Gasteiger partial charge < -0.3 is 14.8 Å². The van der Waals surface area contributed by atoms with E-state index in [9.17, 15) is 4.79 Å². The fourth-order valence-electron chi connectivity index (χ4n) is 0.769. The maximum Gasteiger partial charge on any atom is 0.150 e. The molecule has 0 aromatic carbocycles.